The number of nitrogens with zero attached hydrogens (tertiary/aromatic N) is 3. The molecule has 5 rings (SSSR count). The Balaban J connectivity index is 1.65. The van der Waals surface area contributed by atoms with Crippen molar-refractivity contribution in [2.75, 3.05) is 6.26 Å². The zero-order valence-corrected chi connectivity index (χ0v) is 18.4. The number of hydrogen-bond donors (Lipinski definition) is 0. The van der Waals surface area contributed by atoms with Gasteiger partial charge in [-0.1, -0.05) is 18.2 Å². The number of sulfone groups is 1. The second-order valence-electron chi connectivity index (χ2n) is 7.97. The maximum absolute atomic E-state index is 14.9. The summed E-state index contributed by atoms with van der Waals surface area (Å²) in [5, 5.41) is -0.155. The van der Waals surface area contributed by atoms with Crippen molar-refractivity contribution in [3.63, 3.8) is 0 Å². The molecule has 6 nitrogen and oxygen atoms in total. The van der Waals surface area contributed by atoms with Gasteiger partial charge in [0.25, 0.3) is 0 Å². The van der Waals surface area contributed by atoms with Gasteiger partial charge in [0, 0.05) is 47.3 Å². The largest absolute Gasteiger partial charge is 0.435 e. The van der Waals surface area contributed by atoms with Gasteiger partial charge in [0.2, 0.25) is 0 Å². The van der Waals surface area contributed by atoms with Crippen molar-refractivity contribution in [2.24, 2.45) is 0 Å². The van der Waals surface area contributed by atoms with Crippen molar-refractivity contribution in [1.82, 2.24) is 14.4 Å². The van der Waals surface area contributed by atoms with Gasteiger partial charge in [-0.3, -0.25) is 0 Å². The number of benzene rings is 1. The highest BCUT2D eigenvalue weighted by molar-refractivity contribution is 7.90. The van der Waals surface area contributed by atoms with Crippen LogP contribution in [0.4, 0.5) is 17.6 Å². The zero-order chi connectivity index (χ0) is 24.2. The summed E-state index contributed by atoms with van der Waals surface area (Å²) in [6.07, 6.45) is 2.18. The topological polar surface area (TPSA) is 73.6 Å². The standard InChI is InChI=1S/C23H17F4N3O3S/c1-34(31,32)20-7-6-12(10-28-20)15-11-30-19(9-16(15)24)29-21-17(25)8-14(22(21)30)13-4-2-3-5-18(13)33-23(26)27/h2-7,9-11,14,17,23H,8H2,1H3/t14-,17?/m1/s1. The molecule has 1 aliphatic rings. The molecule has 1 aliphatic carbocycles. The summed E-state index contributed by atoms with van der Waals surface area (Å²) in [5.41, 5.74) is 1.46. The zero-order valence-electron chi connectivity index (χ0n) is 17.6. The minimum Gasteiger partial charge on any atom is -0.435 e. The number of hydrogen-bond acceptors (Lipinski definition) is 5. The first-order chi connectivity index (χ1) is 16.1. The lowest BCUT2D eigenvalue weighted by atomic mass is 9.95. The van der Waals surface area contributed by atoms with Crippen molar-refractivity contribution < 1.29 is 30.7 Å². The molecule has 0 bridgehead atoms. The Labute approximate surface area is 191 Å². The first-order valence-corrected chi connectivity index (χ1v) is 12.1. The highest BCUT2D eigenvalue weighted by Crippen LogP contribution is 2.48. The minimum absolute atomic E-state index is 0.0263. The van der Waals surface area contributed by atoms with Crippen LogP contribution < -0.4 is 4.74 Å². The van der Waals surface area contributed by atoms with Crippen LogP contribution in [-0.2, 0) is 9.84 Å². The maximum Gasteiger partial charge on any atom is 0.387 e. The van der Waals surface area contributed by atoms with Gasteiger partial charge in [-0.25, -0.2) is 27.2 Å². The van der Waals surface area contributed by atoms with Crippen LogP contribution in [0.3, 0.4) is 0 Å². The fourth-order valence-electron chi connectivity index (χ4n) is 4.33. The van der Waals surface area contributed by atoms with Crippen LogP contribution in [0.5, 0.6) is 5.75 Å². The summed E-state index contributed by atoms with van der Waals surface area (Å²) in [4.78, 5) is 8.14. The molecular formula is C23H17F4N3O3S. The smallest absolute Gasteiger partial charge is 0.387 e. The van der Waals surface area contributed by atoms with Crippen molar-refractivity contribution >= 4 is 15.5 Å². The average molecular weight is 491 g/mol. The number of para-hydroxylation sites is 1. The molecule has 11 heteroatoms. The van der Waals surface area contributed by atoms with E-state index in [1.54, 1.807) is 18.2 Å². The van der Waals surface area contributed by atoms with Crippen LogP contribution in [0.15, 0.2) is 59.9 Å². The molecule has 4 aromatic rings. The van der Waals surface area contributed by atoms with Gasteiger partial charge in [-0.2, -0.15) is 8.78 Å². The van der Waals surface area contributed by atoms with E-state index in [-0.39, 0.29) is 34.1 Å². The van der Waals surface area contributed by atoms with Crippen molar-refractivity contribution in [1.29, 1.82) is 0 Å². The molecule has 0 fully saturated rings. The predicted octanol–water partition coefficient (Wildman–Crippen LogP) is 5.09. The van der Waals surface area contributed by atoms with E-state index in [0.29, 0.717) is 16.8 Å². The van der Waals surface area contributed by atoms with Crippen molar-refractivity contribution in [3.05, 3.63) is 77.6 Å². The van der Waals surface area contributed by atoms with E-state index in [4.69, 9.17) is 0 Å². The minimum atomic E-state index is -3.53. The van der Waals surface area contributed by atoms with Gasteiger partial charge in [-0.05, 0) is 24.6 Å². The number of ether oxygens (including phenoxy) is 1. The molecule has 34 heavy (non-hydrogen) atoms. The Hall–Kier alpha value is -3.47. The van der Waals surface area contributed by atoms with E-state index >= 15 is 0 Å². The van der Waals surface area contributed by atoms with Crippen LogP contribution in [0, 0.1) is 5.82 Å². The van der Waals surface area contributed by atoms with Gasteiger partial charge in [0.1, 0.15) is 23.4 Å². The number of rotatable bonds is 5. The molecule has 0 radical (unpaired) electrons. The van der Waals surface area contributed by atoms with Crippen LogP contribution >= 0.6 is 0 Å². The van der Waals surface area contributed by atoms with E-state index in [2.05, 4.69) is 14.7 Å². The Kier molecular flexibility index (Phi) is 5.31. The second-order valence-corrected chi connectivity index (χ2v) is 9.94. The molecule has 0 aliphatic heterocycles. The molecule has 0 saturated carbocycles. The van der Waals surface area contributed by atoms with Gasteiger partial charge in [0.15, 0.2) is 14.9 Å². The van der Waals surface area contributed by atoms with E-state index in [9.17, 15) is 26.0 Å². The molecule has 0 spiro atoms. The van der Waals surface area contributed by atoms with Crippen molar-refractivity contribution in [3.8, 4) is 16.9 Å². The first kappa shape index (κ1) is 22.3. The Bertz CT molecular complexity index is 1500. The van der Waals surface area contributed by atoms with Gasteiger partial charge in [0.05, 0.1) is 11.4 Å². The number of halogens is 4. The third-order valence-corrected chi connectivity index (χ3v) is 6.78. The molecule has 3 heterocycles. The SMILES string of the molecule is CS(=O)(=O)c1ccc(-c2cn3c4c(nc3cc2F)C(F)C[C@@H]4c2ccccc2OC(F)F)cn1. The fourth-order valence-corrected chi connectivity index (χ4v) is 4.88. The van der Waals surface area contributed by atoms with E-state index < -0.39 is 34.4 Å². The third-order valence-electron chi connectivity index (χ3n) is 5.78. The summed E-state index contributed by atoms with van der Waals surface area (Å²) in [6, 6.07) is 9.99. The monoisotopic (exact) mass is 491 g/mol. The Morgan fingerprint density at radius 3 is 2.62 bits per heavy atom. The van der Waals surface area contributed by atoms with Gasteiger partial charge in [-0.15, -0.1) is 0 Å². The molecule has 0 amide bonds. The van der Waals surface area contributed by atoms with Crippen molar-refractivity contribution in [2.45, 2.75) is 30.1 Å². The predicted molar refractivity (Wildman–Crippen MR) is 115 cm³/mol. The Morgan fingerprint density at radius 2 is 1.94 bits per heavy atom. The lowest BCUT2D eigenvalue weighted by Crippen LogP contribution is -2.08. The van der Waals surface area contributed by atoms with E-state index in [0.717, 1.165) is 12.3 Å². The highest BCUT2D eigenvalue weighted by Gasteiger charge is 2.38. The third kappa shape index (κ3) is 3.79. The van der Waals surface area contributed by atoms with Crippen LogP contribution in [0.25, 0.3) is 16.8 Å². The normalized spacial score (nSPS) is 17.9. The number of imidazole rings is 1. The Morgan fingerprint density at radius 1 is 1.18 bits per heavy atom. The van der Waals surface area contributed by atoms with Crippen LogP contribution in [0.2, 0.25) is 0 Å². The molecule has 0 N–H and O–H groups in total. The van der Waals surface area contributed by atoms with E-state index in [1.807, 2.05) is 0 Å². The second kappa shape index (κ2) is 8.08. The summed E-state index contributed by atoms with van der Waals surface area (Å²) < 4.78 is 85.3. The first-order valence-electron chi connectivity index (χ1n) is 10.2. The van der Waals surface area contributed by atoms with Gasteiger partial charge < -0.3 is 9.14 Å². The molecular weight excluding hydrogens is 474 g/mol. The lowest BCUT2D eigenvalue weighted by Gasteiger charge is -2.17. The molecule has 0 saturated heterocycles. The summed E-state index contributed by atoms with van der Waals surface area (Å²) in [6.45, 7) is -3.05. The number of aromatic nitrogens is 3. The molecule has 1 unspecified atom stereocenters. The molecule has 1 aromatic carbocycles. The molecule has 2 atom stereocenters. The molecule has 176 valence electrons. The summed E-state index contributed by atoms with van der Waals surface area (Å²) in [7, 11) is -3.53. The van der Waals surface area contributed by atoms with Gasteiger partial charge >= 0.3 is 6.61 Å². The summed E-state index contributed by atoms with van der Waals surface area (Å²) in [5.74, 6) is -1.38. The number of fused-ring (bicyclic) bond motifs is 3. The quantitative estimate of drug-likeness (QED) is 0.364. The average Bonchev–Trinajstić information content (AvgIpc) is 3.29. The maximum atomic E-state index is 14.9. The fraction of sp³-hybridized carbons (Fsp3) is 0.217. The van der Waals surface area contributed by atoms with E-state index in [1.165, 1.54) is 35.0 Å². The summed E-state index contributed by atoms with van der Waals surface area (Å²) >= 11 is 0. The number of pyridine rings is 2. The molecule has 3 aromatic heterocycles. The number of alkyl halides is 3. The van der Waals surface area contributed by atoms with Crippen LogP contribution in [-0.4, -0.2) is 35.7 Å². The lowest BCUT2D eigenvalue weighted by molar-refractivity contribution is -0.0505. The van der Waals surface area contributed by atoms with Crippen LogP contribution in [0.1, 0.15) is 35.5 Å². The highest BCUT2D eigenvalue weighted by atomic mass is 32.2.